The van der Waals surface area contributed by atoms with E-state index in [1.165, 1.54) is 11.8 Å². The summed E-state index contributed by atoms with van der Waals surface area (Å²) in [6, 6.07) is 15.2. The lowest BCUT2D eigenvalue weighted by atomic mass is 10.2. The fraction of sp³-hybridized carbons (Fsp3) is 0.250. The van der Waals surface area contributed by atoms with Crippen molar-refractivity contribution < 1.29 is 14.3 Å². The van der Waals surface area contributed by atoms with Gasteiger partial charge in [0.1, 0.15) is 0 Å². The molecule has 178 valence electrons. The van der Waals surface area contributed by atoms with Gasteiger partial charge in [0.25, 0.3) is 5.91 Å². The third kappa shape index (κ3) is 6.61. The van der Waals surface area contributed by atoms with Gasteiger partial charge >= 0.3 is 0 Å². The number of hydrogen-bond donors (Lipinski definition) is 2. The zero-order valence-electron chi connectivity index (χ0n) is 19.4. The second kappa shape index (κ2) is 12.4. The molecule has 3 rings (SSSR count). The first-order valence-electron chi connectivity index (χ1n) is 10.6. The summed E-state index contributed by atoms with van der Waals surface area (Å²) in [5.74, 6) is 1.71. The molecule has 2 N–H and O–H groups in total. The van der Waals surface area contributed by atoms with E-state index in [1.54, 1.807) is 45.6 Å². The standard InChI is InChI=1S/C24H28N6O3S/c1-5-13-30-22(16-25-19-9-7-6-8-10-19)27-29-24(30)34-17(2)23(31)28-26-15-18-11-12-20(32-3)21(14-18)33-4/h5-12,14-15,17,25H,1,13,16H2,2-4H3,(H,28,31)/b26-15+. The van der Waals surface area contributed by atoms with Crippen molar-refractivity contribution in [1.82, 2.24) is 20.2 Å². The van der Waals surface area contributed by atoms with Crippen molar-refractivity contribution in [1.29, 1.82) is 0 Å². The number of carbonyl (C=O) groups excluding carboxylic acids is 1. The lowest BCUT2D eigenvalue weighted by molar-refractivity contribution is -0.120. The number of thioether (sulfide) groups is 1. The number of aromatic nitrogens is 3. The van der Waals surface area contributed by atoms with Gasteiger partial charge in [-0.15, -0.1) is 16.8 Å². The molecule has 1 unspecified atom stereocenters. The van der Waals surface area contributed by atoms with E-state index in [1.807, 2.05) is 41.0 Å². The van der Waals surface area contributed by atoms with Crippen LogP contribution in [0.1, 0.15) is 18.3 Å². The highest BCUT2D eigenvalue weighted by Crippen LogP contribution is 2.27. The highest BCUT2D eigenvalue weighted by atomic mass is 32.2. The van der Waals surface area contributed by atoms with Crippen LogP contribution >= 0.6 is 11.8 Å². The van der Waals surface area contributed by atoms with Crippen LogP contribution in [-0.4, -0.2) is 46.4 Å². The molecule has 3 aromatic rings. The fourth-order valence-corrected chi connectivity index (χ4v) is 3.86. The third-order valence-corrected chi connectivity index (χ3v) is 5.86. The summed E-state index contributed by atoms with van der Waals surface area (Å²) >= 11 is 1.31. The Hall–Kier alpha value is -3.79. The minimum Gasteiger partial charge on any atom is -0.493 e. The molecule has 1 aromatic heterocycles. The Balaban J connectivity index is 1.60. The Labute approximate surface area is 203 Å². The van der Waals surface area contributed by atoms with Crippen molar-refractivity contribution in [2.24, 2.45) is 5.10 Å². The number of nitrogens with zero attached hydrogens (tertiary/aromatic N) is 4. The quantitative estimate of drug-likeness (QED) is 0.176. The summed E-state index contributed by atoms with van der Waals surface area (Å²) in [4.78, 5) is 12.6. The van der Waals surface area contributed by atoms with Crippen LogP contribution in [0.5, 0.6) is 11.5 Å². The molecule has 1 heterocycles. The van der Waals surface area contributed by atoms with E-state index in [0.29, 0.717) is 29.7 Å². The summed E-state index contributed by atoms with van der Waals surface area (Å²) < 4.78 is 12.4. The van der Waals surface area contributed by atoms with E-state index in [2.05, 4.69) is 32.6 Å². The summed E-state index contributed by atoms with van der Waals surface area (Å²) in [6.07, 6.45) is 3.32. The highest BCUT2D eigenvalue weighted by Gasteiger charge is 2.19. The van der Waals surface area contributed by atoms with Gasteiger partial charge in [-0.25, -0.2) is 5.43 Å². The smallest absolute Gasteiger partial charge is 0.253 e. The molecule has 0 fully saturated rings. The summed E-state index contributed by atoms with van der Waals surface area (Å²) in [7, 11) is 3.14. The lowest BCUT2D eigenvalue weighted by Crippen LogP contribution is -2.27. The maximum absolute atomic E-state index is 12.6. The number of para-hydroxylation sites is 1. The van der Waals surface area contributed by atoms with Crippen molar-refractivity contribution in [3.8, 4) is 11.5 Å². The molecule has 0 aliphatic rings. The van der Waals surface area contributed by atoms with Gasteiger partial charge in [-0.1, -0.05) is 36.0 Å². The molecule has 1 amide bonds. The van der Waals surface area contributed by atoms with Gasteiger partial charge in [-0.05, 0) is 42.8 Å². The van der Waals surface area contributed by atoms with E-state index >= 15 is 0 Å². The van der Waals surface area contributed by atoms with Crippen LogP contribution in [0.15, 0.2) is 71.4 Å². The second-order valence-electron chi connectivity index (χ2n) is 7.13. The summed E-state index contributed by atoms with van der Waals surface area (Å²) in [5.41, 5.74) is 4.32. The minimum absolute atomic E-state index is 0.251. The van der Waals surface area contributed by atoms with E-state index in [-0.39, 0.29) is 5.91 Å². The van der Waals surface area contributed by atoms with Crippen LogP contribution in [0.25, 0.3) is 0 Å². The number of amides is 1. The van der Waals surface area contributed by atoms with Crippen LogP contribution in [0.4, 0.5) is 5.69 Å². The molecule has 34 heavy (non-hydrogen) atoms. The van der Waals surface area contributed by atoms with E-state index in [9.17, 15) is 4.79 Å². The highest BCUT2D eigenvalue weighted by molar-refractivity contribution is 8.00. The van der Waals surface area contributed by atoms with Crippen molar-refractivity contribution in [3.63, 3.8) is 0 Å². The molecule has 0 saturated carbocycles. The molecule has 2 aromatic carbocycles. The molecule has 0 spiro atoms. The molecule has 10 heteroatoms. The first-order valence-corrected chi connectivity index (χ1v) is 11.5. The summed E-state index contributed by atoms with van der Waals surface area (Å²) in [6.45, 7) is 6.65. The number of benzene rings is 2. The average Bonchev–Trinajstić information content (AvgIpc) is 3.24. The van der Waals surface area contributed by atoms with Crippen molar-refractivity contribution in [3.05, 3.63) is 72.6 Å². The van der Waals surface area contributed by atoms with Gasteiger partial charge in [0.15, 0.2) is 22.5 Å². The molecular formula is C24H28N6O3S. The second-order valence-corrected chi connectivity index (χ2v) is 8.43. The number of rotatable bonds is 12. The molecule has 1 atom stereocenters. The van der Waals surface area contributed by atoms with Crippen LogP contribution < -0.4 is 20.2 Å². The number of ether oxygens (including phenoxy) is 2. The maximum atomic E-state index is 12.6. The lowest BCUT2D eigenvalue weighted by Gasteiger charge is -2.12. The monoisotopic (exact) mass is 480 g/mol. The Bertz CT molecular complexity index is 1130. The maximum Gasteiger partial charge on any atom is 0.253 e. The first kappa shape index (κ1) is 24.8. The van der Waals surface area contributed by atoms with E-state index in [4.69, 9.17) is 9.47 Å². The van der Waals surface area contributed by atoms with Crippen LogP contribution in [-0.2, 0) is 17.9 Å². The zero-order chi connectivity index (χ0) is 24.3. The third-order valence-electron chi connectivity index (χ3n) is 4.78. The number of allylic oxidation sites excluding steroid dienone is 1. The number of anilines is 1. The largest absolute Gasteiger partial charge is 0.493 e. The Kier molecular flexibility index (Phi) is 9.10. The average molecular weight is 481 g/mol. The van der Waals surface area contributed by atoms with Crippen LogP contribution in [0.2, 0.25) is 0 Å². The fourth-order valence-electron chi connectivity index (χ4n) is 2.99. The van der Waals surface area contributed by atoms with Gasteiger partial charge < -0.3 is 19.4 Å². The van der Waals surface area contributed by atoms with Crippen LogP contribution in [0.3, 0.4) is 0 Å². The predicted molar refractivity (Wildman–Crippen MR) is 135 cm³/mol. The minimum atomic E-state index is -0.440. The zero-order valence-corrected chi connectivity index (χ0v) is 20.2. The number of nitrogens with one attached hydrogen (secondary N) is 2. The number of hydrogen-bond acceptors (Lipinski definition) is 8. The van der Waals surface area contributed by atoms with Crippen molar-refractivity contribution in [2.75, 3.05) is 19.5 Å². The number of hydrazone groups is 1. The first-order chi connectivity index (χ1) is 16.5. The Morgan fingerprint density at radius 2 is 1.94 bits per heavy atom. The topological polar surface area (TPSA) is 103 Å². The van der Waals surface area contributed by atoms with Crippen LogP contribution in [0, 0.1) is 0 Å². The molecule has 0 radical (unpaired) electrons. The van der Waals surface area contributed by atoms with Gasteiger partial charge in [-0.2, -0.15) is 5.10 Å². The molecule has 9 nitrogen and oxygen atoms in total. The Morgan fingerprint density at radius 3 is 2.65 bits per heavy atom. The Morgan fingerprint density at radius 1 is 1.18 bits per heavy atom. The van der Waals surface area contributed by atoms with Gasteiger partial charge in [0, 0.05) is 12.2 Å². The number of methoxy groups -OCH3 is 2. The number of carbonyl (C=O) groups is 1. The van der Waals surface area contributed by atoms with Gasteiger partial charge in [0.2, 0.25) is 0 Å². The SMILES string of the molecule is C=CCn1c(CNc2ccccc2)nnc1SC(C)C(=O)N/N=C/c1ccc(OC)c(OC)c1. The molecule has 0 aliphatic carbocycles. The van der Waals surface area contributed by atoms with E-state index in [0.717, 1.165) is 17.1 Å². The van der Waals surface area contributed by atoms with Crippen molar-refractivity contribution in [2.45, 2.75) is 30.4 Å². The van der Waals surface area contributed by atoms with Gasteiger partial charge in [-0.3, -0.25) is 4.79 Å². The molecular weight excluding hydrogens is 452 g/mol. The summed E-state index contributed by atoms with van der Waals surface area (Å²) in [5, 5.41) is 16.2. The van der Waals surface area contributed by atoms with Crippen molar-refractivity contribution >= 4 is 29.6 Å². The predicted octanol–water partition coefficient (Wildman–Crippen LogP) is 3.72. The molecule has 0 saturated heterocycles. The van der Waals surface area contributed by atoms with Gasteiger partial charge in [0.05, 0.1) is 32.2 Å². The van der Waals surface area contributed by atoms with E-state index < -0.39 is 5.25 Å². The molecule has 0 aliphatic heterocycles. The molecule has 0 bridgehead atoms. The normalized spacial score (nSPS) is 11.7.